The highest BCUT2D eigenvalue weighted by molar-refractivity contribution is 7.92. The highest BCUT2D eigenvalue weighted by atomic mass is 32.2. The van der Waals surface area contributed by atoms with Crippen molar-refractivity contribution >= 4 is 33.0 Å². The van der Waals surface area contributed by atoms with Crippen molar-refractivity contribution in [3.8, 4) is 0 Å². The molecule has 2 aromatic rings. The predicted molar refractivity (Wildman–Crippen MR) is 109 cm³/mol. The van der Waals surface area contributed by atoms with Gasteiger partial charge >= 0.3 is 0 Å². The molecule has 2 aliphatic rings. The van der Waals surface area contributed by atoms with Crippen LogP contribution in [0.1, 0.15) is 12.5 Å². The van der Waals surface area contributed by atoms with Crippen LogP contribution in [-0.2, 0) is 21.2 Å². The zero-order valence-corrected chi connectivity index (χ0v) is 16.7. The van der Waals surface area contributed by atoms with E-state index in [0.717, 1.165) is 38.4 Å². The number of amides is 1. The molecule has 8 heteroatoms. The molecule has 0 unspecified atom stereocenters. The summed E-state index contributed by atoms with van der Waals surface area (Å²) in [6.45, 7) is 7.64. The maximum atomic E-state index is 12.7. The Morgan fingerprint density at radius 3 is 2.50 bits per heavy atom. The van der Waals surface area contributed by atoms with Crippen molar-refractivity contribution < 1.29 is 18.1 Å². The summed E-state index contributed by atoms with van der Waals surface area (Å²) in [7, 11) is -3.71. The molecule has 0 atom stereocenters. The molecule has 2 aromatic carbocycles. The molecule has 0 bridgehead atoms. The molecule has 0 saturated carbocycles. The third kappa shape index (κ3) is 3.83. The number of benzene rings is 2. The van der Waals surface area contributed by atoms with Crippen molar-refractivity contribution in [1.29, 1.82) is 0 Å². The molecule has 7 nitrogen and oxygen atoms in total. The van der Waals surface area contributed by atoms with Crippen LogP contribution >= 0.6 is 0 Å². The molecule has 0 spiro atoms. The van der Waals surface area contributed by atoms with Crippen molar-refractivity contribution in [2.24, 2.45) is 0 Å². The van der Waals surface area contributed by atoms with Gasteiger partial charge in [-0.2, -0.15) is 0 Å². The van der Waals surface area contributed by atoms with Crippen LogP contribution in [-0.4, -0.2) is 47.0 Å². The minimum atomic E-state index is -3.71. The van der Waals surface area contributed by atoms with E-state index in [1.807, 2.05) is 12.1 Å². The Balaban J connectivity index is 1.45. The molecule has 148 valence electrons. The summed E-state index contributed by atoms with van der Waals surface area (Å²) < 4.78 is 28.0. The molecule has 2 heterocycles. The number of nitrogens with one attached hydrogen (secondary N) is 3. The summed E-state index contributed by atoms with van der Waals surface area (Å²) in [6, 6.07) is 12.2. The number of hydrogen-bond donors (Lipinski definition) is 3. The van der Waals surface area contributed by atoms with Gasteiger partial charge in [0.25, 0.3) is 10.0 Å². The Hall–Kier alpha value is -2.58. The second kappa shape index (κ2) is 7.44. The van der Waals surface area contributed by atoms with Gasteiger partial charge in [-0.1, -0.05) is 0 Å². The highest BCUT2D eigenvalue weighted by Crippen LogP contribution is 2.27. The van der Waals surface area contributed by atoms with E-state index in [9.17, 15) is 13.2 Å². The summed E-state index contributed by atoms with van der Waals surface area (Å²) in [6.07, 6.45) is 0.209. The number of hydrogen-bond acceptors (Lipinski definition) is 4. The van der Waals surface area contributed by atoms with Gasteiger partial charge in [-0.05, 0) is 55.0 Å². The fourth-order valence-electron chi connectivity index (χ4n) is 3.76. The number of fused-ring (bicyclic) bond motifs is 1. The number of likely N-dealkylation sites (N-methyl/N-ethyl adjacent to an activating group) is 1. The van der Waals surface area contributed by atoms with Crippen LogP contribution < -0.4 is 19.8 Å². The number of rotatable bonds is 5. The third-order valence-electron chi connectivity index (χ3n) is 5.47. The van der Waals surface area contributed by atoms with Gasteiger partial charge in [0.05, 0.1) is 44.0 Å². The number of anilines is 3. The number of carbonyl (C=O) groups excluding carboxylic acids is 1. The van der Waals surface area contributed by atoms with Crippen molar-refractivity contribution in [1.82, 2.24) is 0 Å². The van der Waals surface area contributed by atoms with Crippen molar-refractivity contribution in [3.05, 3.63) is 48.0 Å². The van der Waals surface area contributed by atoms with E-state index < -0.39 is 10.0 Å². The van der Waals surface area contributed by atoms with Crippen LogP contribution in [0.15, 0.2) is 47.4 Å². The Labute approximate surface area is 165 Å². The van der Waals surface area contributed by atoms with Crippen LogP contribution in [0, 0.1) is 0 Å². The molecule has 0 aromatic heterocycles. The lowest BCUT2D eigenvalue weighted by atomic mass is 10.2. The summed E-state index contributed by atoms with van der Waals surface area (Å²) in [5.74, 6) is -0.116. The van der Waals surface area contributed by atoms with E-state index in [1.54, 1.807) is 29.2 Å². The average Bonchev–Trinajstić information content (AvgIpc) is 3.07. The minimum absolute atomic E-state index is 0.116. The number of piperazine rings is 1. The summed E-state index contributed by atoms with van der Waals surface area (Å²) in [4.78, 5) is 15.6. The average molecular weight is 402 g/mol. The second-order valence-electron chi connectivity index (χ2n) is 7.29. The quantitative estimate of drug-likeness (QED) is 0.689. The normalized spacial score (nSPS) is 17.3. The monoisotopic (exact) mass is 401 g/mol. The largest absolute Gasteiger partial charge is 0.360 e. The van der Waals surface area contributed by atoms with E-state index in [2.05, 4.69) is 21.9 Å². The fourth-order valence-corrected chi connectivity index (χ4v) is 4.87. The van der Waals surface area contributed by atoms with E-state index in [4.69, 9.17) is 0 Å². The van der Waals surface area contributed by atoms with Crippen LogP contribution in [0.2, 0.25) is 0 Å². The predicted octanol–water partition coefficient (Wildman–Crippen LogP) is 0.707. The fraction of sp³-hybridized carbons (Fsp3) is 0.350. The Kier molecular flexibility index (Phi) is 4.99. The van der Waals surface area contributed by atoms with Gasteiger partial charge in [0.2, 0.25) is 5.91 Å². The number of sulfonamides is 1. The topological polar surface area (TPSA) is 83.0 Å². The molecule has 4 rings (SSSR count). The van der Waals surface area contributed by atoms with Crippen LogP contribution in [0.25, 0.3) is 0 Å². The summed E-state index contributed by atoms with van der Waals surface area (Å²) in [5, 5.41) is 2.71. The van der Waals surface area contributed by atoms with Gasteiger partial charge in [0.1, 0.15) is 0 Å². The first-order valence-corrected chi connectivity index (χ1v) is 11.1. The molecule has 1 amide bonds. The standard InChI is InChI=1S/C20H24N4O3S/c1-2-23-9-11-24(12-10-23)17-5-3-16(4-6-17)22-28(26,27)18-7-8-19-15(13-18)14-20(25)21-19/h3-8,13,22H,2,9-12,14H2,1H3,(H,21,25)/p+1. The number of quaternary nitrogens is 1. The van der Waals surface area contributed by atoms with Gasteiger partial charge < -0.3 is 15.1 Å². The van der Waals surface area contributed by atoms with E-state index >= 15 is 0 Å². The molecule has 28 heavy (non-hydrogen) atoms. The van der Waals surface area contributed by atoms with Crippen LogP contribution in [0.3, 0.4) is 0 Å². The molecular weight excluding hydrogens is 376 g/mol. The van der Waals surface area contributed by atoms with Gasteiger partial charge in [-0.15, -0.1) is 0 Å². The Bertz CT molecular complexity index is 981. The van der Waals surface area contributed by atoms with Gasteiger partial charge in [-0.3, -0.25) is 9.52 Å². The molecule has 1 saturated heterocycles. The lowest BCUT2D eigenvalue weighted by molar-refractivity contribution is -0.898. The third-order valence-corrected chi connectivity index (χ3v) is 6.85. The highest BCUT2D eigenvalue weighted by Gasteiger charge is 2.22. The van der Waals surface area contributed by atoms with Gasteiger partial charge in [0, 0.05) is 17.1 Å². The maximum Gasteiger partial charge on any atom is 0.261 e. The SMILES string of the molecule is CC[NH+]1CCN(c2ccc(NS(=O)(=O)c3ccc4c(c3)CC(=O)N4)cc2)CC1. The van der Waals surface area contributed by atoms with Gasteiger partial charge in [0.15, 0.2) is 0 Å². The maximum absolute atomic E-state index is 12.7. The Morgan fingerprint density at radius 1 is 1.11 bits per heavy atom. The molecule has 0 aliphatic carbocycles. The van der Waals surface area contributed by atoms with Crippen molar-refractivity contribution in [2.75, 3.05) is 47.7 Å². The van der Waals surface area contributed by atoms with E-state index in [-0.39, 0.29) is 17.2 Å². The zero-order valence-electron chi connectivity index (χ0n) is 15.9. The number of carbonyl (C=O) groups is 1. The lowest BCUT2D eigenvalue weighted by Crippen LogP contribution is -3.14. The van der Waals surface area contributed by atoms with Crippen molar-refractivity contribution in [3.63, 3.8) is 0 Å². The van der Waals surface area contributed by atoms with Gasteiger partial charge in [-0.25, -0.2) is 8.42 Å². The molecule has 3 N–H and O–H groups in total. The first-order chi connectivity index (χ1) is 13.4. The molecule has 2 aliphatic heterocycles. The minimum Gasteiger partial charge on any atom is -0.360 e. The second-order valence-corrected chi connectivity index (χ2v) is 8.97. The van der Waals surface area contributed by atoms with E-state index in [1.165, 1.54) is 6.07 Å². The van der Waals surface area contributed by atoms with Crippen LogP contribution in [0.4, 0.5) is 17.1 Å². The first-order valence-electron chi connectivity index (χ1n) is 9.59. The zero-order chi connectivity index (χ0) is 19.7. The van der Waals surface area contributed by atoms with E-state index in [0.29, 0.717) is 16.9 Å². The lowest BCUT2D eigenvalue weighted by Gasteiger charge is -2.33. The first kappa shape index (κ1) is 18.8. The summed E-state index contributed by atoms with van der Waals surface area (Å²) >= 11 is 0. The van der Waals surface area contributed by atoms with Crippen LogP contribution in [0.5, 0.6) is 0 Å². The molecule has 1 fully saturated rings. The smallest absolute Gasteiger partial charge is 0.261 e. The number of nitrogens with zero attached hydrogens (tertiary/aromatic N) is 1. The molecule has 0 radical (unpaired) electrons. The summed E-state index contributed by atoms with van der Waals surface area (Å²) in [5.41, 5.74) is 3.02. The molecular formula is C20H25N4O3S+. The Morgan fingerprint density at radius 2 is 1.82 bits per heavy atom. The van der Waals surface area contributed by atoms with Crippen molar-refractivity contribution in [2.45, 2.75) is 18.2 Å².